The Morgan fingerprint density at radius 3 is 2.44 bits per heavy atom. The van der Waals surface area contributed by atoms with E-state index in [1.165, 1.54) is 11.8 Å². The number of para-hydroxylation sites is 1. The van der Waals surface area contributed by atoms with E-state index in [-0.39, 0.29) is 5.91 Å². The molecule has 2 aromatic carbocycles. The van der Waals surface area contributed by atoms with Crippen LogP contribution in [0.5, 0.6) is 0 Å². The lowest BCUT2D eigenvalue weighted by Crippen LogP contribution is -2.19. The number of amides is 1. The highest BCUT2D eigenvalue weighted by atomic mass is 35.5. The van der Waals surface area contributed by atoms with Gasteiger partial charge in [-0.05, 0) is 48.2 Å². The average molecular weight is 415 g/mol. The summed E-state index contributed by atoms with van der Waals surface area (Å²) in [4.78, 5) is 17.1. The van der Waals surface area contributed by atoms with Crippen LogP contribution in [0.4, 0.5) is 5.69 Å². The summed E-state index contributed by atoms with van der Waals surface area (Å²) in [5.74, 6) is 0.849. The molecule has 1 amide bonds. The molecule has 0 radical (unpaired) electrons. The molecular weight excluding hydrogens is 403 g/mol. The predicted octanol–water partition coefficient (Wildman–Crippen LogP) is 6.15. The predicted molar refractivity (Wildman–Crippen MR) is 111 cm³/mol. The molecule has 3 aromatic rings. The molecule has 1 aliphatic heterocycles. The molecule has 0 aliphatic carbocycles. The van der Waals surface area contributed by atoms with Gasteiger partial charge in [0, 0.05) is 6.08 Å². The minimum atomic E-state index is -0.219. The molecule has 0 atom stereocenters. The molecule has 4 rings (SSSR count). The van der Waals surface area contributed by atoms with Gasteiger partial charge in [0.1, 0.15) is 11.5 Å². The zero-order valence-corrected chi connectivity index (χ0v) is 16.1. The Balaban J connectivity index is 1.59. The molecule has 1 aliphatic rings. The van der Waals surface area contributed by atoms with Crippen molar-refractivity contribution in [3.8, 4) is 11.3 Å². The SMILES string of the molecule is O=C1NC(=Nc2ccccc2)S/C1=C/c1ccc(-c2c(Cl)cccc2Cl)o1. The van der Waals surface area contributed by atoms with Crippen LogP contribution in [-0.4, -0.2) is 11.1 Å². The molecule has 1 fully saturated rings. The third kappa shape index (κ3) is 3.95. The topological polar surface area (TPSA) is 54.6 Å². The minimum Gasteiger partial charge on any atom is -0.457 e. The number of carbonyl (C=O) groups excluding carboxylic acids is 1. The number of amidine groups is 1. The van der Waals surface area contributed by atoms with E-state index in [0.29, 0.717) is 37.2 Å². The first kappa shape index (κ1) is 17.9. The largest absolute Gasteiger partial charge is 0.457 e. The van der Waals surface area contributed by atoms with Crippen molar-refractivity contribution >= 4 is 57.8 Å². The van der Waals surface area contributed by atoms with Crippen LogP contribution >= 0.6 is 35.0 Å². The summed E-state index contributed by atoms with van der Waals surface area (Å²) >= 11 is 13.7. The fraction of sp³-hybridized carbons (Fsp3) is 0. The van der Waals surface area contributed by atoms with E-state index in [1.807, 2.05) is 30.3 Å². The van der Waals surface area contributed by atoms with Gasteiger partial charge in [-0.3, -0.25) is 4.79 Å². The summed E-state index contributed by atoms with van der Waals surface area (Å²) in [6.45, 7) is 0. The number of aliphatic imine (C=N–C) groups is 1. The highest BCUT2D eigenvalue weighted by Gasteiger charge is 2.24. The number of thioether (sulfide) groups is 1. The van der Waals surface area contributed by atoms with E-state index >= 15 is 0 Å². The highest BCUT2D eigenvalue weighted by Crippen LogP contribution is 2.36. The van der Waals surface area contributed by atoms with Crippen LogP contribution in [0.25, 0.3) is 17.4 Å². The second-order valence-corrected chi connectivity index (χ2v) is 7.46. The Bertz CT molecular complexity index is 1050. The molecule has 7 heteroatoms. The second-order valence-electron chi connectivity index (χ2n) is 5.62. The Hall–Kier alpha value is -2.47. The molecule has 0 saturated carbocycles. The van der Waals surface area contributed by atoms with Gasteiger partial charge in [-0.25, -0.2) is 4.99 Å². The van der Waals surface area contributed by atoms with Crippen molar-refractivity contribution in [2.24, 2.45) is 4.99 Å². The van der Waals surface area contributed by atoms with E-state index in [9.17, 15) is 4.79 Å². The molecular formula is C20H12Cl2N2O2S. The van der Waals surface area contributed by atoms with Gasteiger partial charge in [-0.15, -0.1) is 0 Å². The maximum absolute atomic E-state index is 12.2. The van der Waals surface area contributed by atoms with Crippen LogP contribution in [0.3, 0.4) is 0 Å². The minimum absolute atomic E-state index is 0.219. The summed E-state index contributed by atoms with van der Waals surface area (Å²) in [5.41, 5.74) is 1.40. The molecule has 2 heterocycles. The summed E-state index contributed by atoms with van der Waals surface area (Å²) in [7, 11) is 0. The quantitative estimate of drug-likeness (QED) is 0.523. The lowest BCUT2D eigenvalue weighted by atomic mass is 10.2. The number of carbonyl (C=O) groups is 1. The number of hydrogen-bond donors (Lipinski definition) is 1. The van der Waals surface area contributed by atoms with Crippen LogP contribution in [-0.2, 0) is 4.79 Å². The van der Waals surface area contributed by atoms with Crippen LogP contribution in [0.2, 0.25) is 10.0 Å². The summed E-state index contributed by atoms with van der Waals surface area (Å²) in [6.07, 6.45) is 1.67. The molecule has 1 aromatic heterocycles. The van der Waals surface area contributed by atoms with E-state index in [4.69, 9.17) is 27.6 Å². The van der Waals surface area contributed by atoms with Crippen LogP contribution in [0.1, 0.15) is 5.76 Å². The van der Waals surface area contributed by atoms with E-state index in [0.717, 1.165) is 5.69 Å². The number of halogens is 2. The van der Waals surface area contributed by atoms with Crippen molar-refractivity contribution in [3.05, 3.63) is 81.4 Å². The lowest BCUT2D eigenvalue weighted by molar-refractivity contribution is -0.115. The molecule has 0 unspecified atom stereocenters. The molecule has 27 heavy (non-hydrogen) atoms. The van der Waals surface area contributed by atoms with Gasteiger partial charge in [0.15, 0.2) is 5.17 Å². The van der Waals surface area contributed by atoms with Gasteiger partial charge in [0.2, 0.25) is 0 Å². The number of benzene rings is 2. The van der Waals surface area contributed by atoms with Crippen molar-refractivity contribution in [2.75, 3.05) is 0 Å². The number of nitrogens with one attached hydrogen (secondary N) is 1. The van der Waals surface area contributed by atoms with E-state index in [1.54, 1.807) is 36.4 Å². The molecule has 4 nitrogen and oxygen atoms in total. The first-order valence-corrected chi connectivity index (χ1v) is 9.56. The van der Waals surface area contributed by atoms with Gasteiger partial charge in [-0.2, -0.15) is 0 Å². The number of furan rings is 1. The lowest BCUT2D eigenvalue weighted by Gasteiger charge is -2.02. The normalized spacial score (nSPS) is 16.9. The molecule has 0 bridgehead atoms. The molecule has 0 spiro atoms. The van der Waals surface area contributed by atoms with Crippen LogP contribution < -0.4 is 5.32 Å². The highest BCUT2D eigenvalue weighted by molar-refractivity contribution is 8.18. The third-order valence-electron chi connectivity index (χ3n) is 3.75. The summed E-state index contributed by atoms with van der Waals surface area (Å²) in [5, 5.41) is 4.28. The first-order valence-electron chi connectivity index (χ1n) is 7.99. The monoisotopic (exact) mass is 414 g/mol. The fourth-order valence-corrected chi connectivity index (χ4v) is 3.93. The Morgan fingerprint density at radius 2 is 1.70 bits per heavy atom. The Morgan fingerprint density at radius 1 is 0.963 bits per heavy atom. The second kappa shape index (κ2) is 7.64. The Labute approximate surface area is 169 Å². The van der Waals surface area contributed by atoms with Gasteiger partial charge < -0.3 is 9.73 Å². The zero-order chi connectivity index (χ0) is 18.8. The Kier molecular flexibility index (Phi) is 5.07. The van der Waals surface area contributed by atoms with Crippen molar-refractivity contribution in [1.29, 1.82) is 0 Å². The van der Waals surface area contributed by atoms with Crippen molar-refractivity contribution < 1.29 is 9.21 Å². The number of nitrogens with zero attached hydrogens (tertiary/aromatic N) is 1. The number of hydrogen-bond acceptors (Lipinski definition) is 4. The van der Waals surface area contributed by atoms with Crippen LogP contribution in [0.15, 0.2) is 75.0 Å². The van der Waals surface area contributed by atoms with Crippen molar-refractivity contribution in [3.63, 3.8) is 0 Å². The van der Waals surface area contributed by atoms with Gasteiger partial charge in [0.05, 0.1) is 26.2 Å². The third-order valence-corrected chi connectivity index (χ3v) is 5.29. The van der Waals surface area contributed by atoms with Crippen molar-refractivity contribution in [2.45, 2.75) is 0 Å². The average Bonchev–Trinajstić information content (AvgIpc) is 3.23. The summed E-state index contributed by atoms with van der Waals surface area (Å²) < 4.78 is 5.82. The fourth-order valence-electron chi connectivity index (χ4n) is 2.53. The van der Waals surface area contributed by atoms with Crippen molar-refractivity contribution in [1.82, 2.24) is 5.32 Å². The summed E-state index contributed by atoms with van der Waals surface area (Å²) in [6, 6.07) is 18.2. The maximum atomic E-state index is 12.2. The maximum Gasteiger partial charge on any atom is 0.264 e. The van der Waals surface area contributed by atoms with E-state index < -0.39 is 0 Å². The first-order chi connectivity index (χ1) is 13.1. The standard InChI is InChI=1S/C20H12Cl2N2O2S/c21-14-7-4-8-15(22)18(14)16-10-9-13(26-16)11-17-19(25)24-20(27-17)23-12-5-2-1-3-6-12/h1-11H,(H,23,24,25)/b17-11+. The molecule has 134 valence electrons. The van der Waals surface area contributed by atoms with Gasteiger partial charge >= 0.3 is 0 Å². The van der Waals surface area contributed by atoms with Gasteiger partial charge in [-0.1, -0.05) is 47.5 Å². The number of rotatable bonds is 3. The van der Waals surface area contributed by atoms with Gasteiger partial charge in [0.25, 0.3) is 5.91 Å². The van der Waals surface area contributed by atoms with E-state index in [2.05, 4.69) is 10.3 Å². The van der Waals surface area contributed by atoms with Crippen LogP contribution in [0, 0.1) is 0 Å². The molecule has 1 saturated heterocycles. The molecule has 1 N–H and O–H groups in total. The smallest absolute Gasteiger partial charge is 0.264 e. The zero-order valence-electron chi connectivity index (χ0n) is 13.8.